The lowest BCUT2D eigenvalue weighted by molar-refractivity contribution is 0.640. The predicted molar refractivity (Wildman–Crippen MR) is 66.4 cm³/mol. The largest absolute Gasteiger partial charge is 0.0998 e. The molecule has 0 spiro atoms. The van der Waals surface area contributed by atoms with Gasteiger partial charge in [-0.25, -0.2) is 0 Å². The van der Waals surface area contributed by atoms with E-state index in [4.69, 9.17) is 0 Å². The molecule has 0 aromatic heterocycles. The zero-order valence-electron chi connectivity index (χ0n) is 10.1. The minimum atomic E-state index is 0.717. The van der Waals surface area contributed by atoms with Gasteiger partial charge in [-0.2, -0.15) is 0 Å². The Morgan fingerprint density at radius 1 is 1.29 bits per heavy atom. The first kappa shape index (κ1) is 13.2. The highest BCUT2D eigenvalue weighted by Crippen LogP contribution is 2.18. The third-order valence-electron chi connectivity index (χ3n) is 2.60. The van der Waals surface area contributed by atoms with Gasteiger partial charge in [-0.1, -0.05) is 49.8 Å². The van der Waals surface area contributed by atoms with Crippen molar-refractivity contribution < 1.29 is 0 Å². The average molecular weight is 192 g/mol. The Balaban J connectivity index is 3.97. The first-order chi connectivity index (χ1) is 6.61. The van der Waals surface area contributed by atoms with Crippen LogP contribution in [0.25, 0.3) is 0 Å². The van der Waals surface area contributed by atoms with Crippen molar-refractivity contribution in [2.45, 2.75) is 47.0 Å². The van der Waals surface area contributed by atoms with Crippen LogP contribution in [-0.2, 0) is 0 Å². The summed E-state index contributed by atoms with van der Waals surface area (Å²) in [7, 11) is 0. The van der Waals surface area contributed by atoms with E-state index in [1.54, 1.807) is 5.57 Å². The highest BCUT2D eigenvalue weighted by atomic mass is 14.1. The SMILES string of the molecule is C=C(C)CC=CCC(=CC)C(C)CC. The first-order valence-corrected chi connectivity index (χ1v) is 5.56. The summed E-state index contributed by atoms with van der Waals surface area (Å²) in [5.41, 5.74) is 2.78. The third kappa shape index (κ3) is 5.80. The molecule has 0 aromatic rings. The molecule has 0 radical (unpaired) electrons. The summed E-state index contributed by atoms with van der Waals surface area (Å²) < 4.78 is 0. The van der Waals surface area contributed by atoms with E-state index in [9.17, 15) is 0 Å². The monoisotopic (exact) mass is 192 g/mol. The molecule has 0 heteroatoms. The van der Waals surface area contributed by atoms with Gasteiger partial charge in [0.1, 0.15) is 0 Å². The van der Waals surface area contributed by atoms with E-state index in [1.165, 1.54) is 12.0 Å². The molecular weight excluding hydrogens is 168 g/mol. The summed E-state index contributed by atoms with van der Waals surface area (Å²) in [5.74, 6) is 0.717. The van der Waals surface area contributed by atoms with Crippen LogP contribution in [0.1, 0.15) is 47.0 Å². The normalized spacial score (nSPS) is 14.7. The number of allylic oxidation sites excluding steroid dienone is 5. The van der Waals surface area contributed by atoms with Crippen molar-refractivity contribution in [3.8, 4) is 0 Å². The van der Waals surface area contributed by atoms with Crippen LogP contribution in [0.4, 0.5) is 0 Å². The molecule has 0 aromatic carbocycles. The Labute approximate surface area is 89.4 Å². The molecule has 0 saturated carbocycles. The molecule has 0 fully saturated rings. The van der Waals surface area contributed by atoms with Crippen molar-refractivity contribution in [2.75, 3.05) is 0 Å². The fourth-order valence-corrected chi connectivity index (χ4v) is 1.37. The average Bonchev–Trinajstić information content (AvgIpc) is 2.16. The third-order valence-corrected chi connectivity index (χ3v) is 2.60. The van der Waals surface area contributed by atoms with Crippen LogP contribution in [0.15, 0.2) is 36.0 Å². The molecule has 0 rings (SSSR count). The zero-order valence-corrected chi connectivity index (χ0v) is 10.1. The molecule has 1 atom stereocenters. The topological polar surface area (TPSA) is 0 Å². The highest BCUT2D eigenvalue weighted by molar-refractivity contribution is 5.10. The van der Waals surface area contributed by atoms with E-state index in [2.05, 4.69) is 52.5 Å². The molecule has 1 unspecified atom stereocenters. The van der Waals surface area contributed by atoms with Gasteiger partial charge in [-0.3, -0.25) is 0 Å². The van der Waals surface area contributed by atoms with Crippen molar-refractivity contribution in [3.05, 3.63) is 36.0 Å². The fourth-order valence-electron chi connectivity index (χ4n) is 1.37. The molecule has 80 valence electrons. The van der Waals surface area contributed by atoms with E-state index < -0.39 is 0 Å². The quantitative estimate of drug-likeness (QED) is 0.525. The molecular formula is C14H24. The van der Waals surface area contributed by atoms with Crippen LogP contribution in [0.5, 0.6) is 0 Å². The minimum Gasteiger partial charge on any atom is -0.0998 e. The lowest BCUT2D eigenvalue weighted by atomic mass is 9.95. The van der Waals surface area contributed by atoms with E-state index in [-0.39, 0.29) is 0 Å². The van der Waals surface area contributed by atoms with Gasteiger partial charge in [-0.15, -0.1) is 0 Å². The van der Waals surface area contributed by atoms with Gasteiger partial charge in [0.2, 0.25) is 0 Å². The van der Waals surface area contributed by atoms with E-state index in [1.807, 2.05) is 0 Å². The molecule has 0 nitrogen and oxygen atoms in total. The van der Waals surface area contributed by atoms with E-state index in [0.29, 0.717) is 0 Å². The predicted octanol–water partition coefficient (Wildman–Crippen LogP) is 4.89. The Morgan fingerprint density at radius 3 is 2.29 bits per heavy atom. The van der Waals surface area contributed by atoms with Gasteiger partial charge < -0.3 is 0 Å². The Bertz CT molecular complexity index is 218. The van der Waals surface area contributed by atoms with Gasteiger partial charge in [0, 0.05) is 0 Å². The van der Waals surface area contributed by atoms with Crippen LogP contribution in [-0.4, -0.2) is 0 Å². The molecule has 14 heavy (non-hydrogen) atoms. The second-order valence-electron chi connectivity index (χ2n) is 4.01. The van der Waals surface area contributed by atoms with Crippen molar-refractivity contribution in [1.29, 1.82) is 0 Å². The highest BCUT2D eigenvalue weighted by Gasteiger charge is 2.02. The Kier molecular flexibility index (Phi) is 7.18. The van der Waals surface area contributed by atoms with Crippen molar-refractivity contribution in [1.82, 2.24) is 0 Å². The van der Waals surface area contributed by atoms with E-state index in [0.717, 1.165) is 18.8 Å². The first-order valence-electron chi connectivity index (χ1n) is 5.56. The van der Waals surface area contributed by atoms with Gasteiger partial charge in [0.25, 0.3) is 0 Å². The van der Waals surface area contributed by atoms with Crippen LogP contribution in [0.2, 0.25) is 0 Å². The summed E-state index contributed by atoms with van der Waals surface area (Å²) in [5, 5.41) is 0. The molecule has 0 bridgehead atoms. The number of rotatable bonds is 6. The lowest BCUT2D eigenvalue weighted by Gasteiger charge is -2.11. The maximum atomic E-state index is 3.88. The van der Waals surface area contributed by atoms with Gasteiger partial charge in [0.05, 0.1) is 0 Å². The maximum Gasteiger partial charge on any atom is -0.0136 e. The lowest BCUT2D eigenvalue weighted by Crippen LogP contribution is -1.96. The summed E-state index contributed by atoms with van der Waals surface area (Å²) in [6, 6.07) is 0. The van der Waals surface area contributed by atoms with Gasteiger partial charge in [-0.05, 0) is 39.0 Å². The summed E-state index contributed by atoms with van der Waals surface area (Å²) >= 11 is 0. The Hall–Kier alpha value is -0.780. The second kappa shape index (κ2) is 7.61. The maximum absolute atomic E-state index is 3.88. The summed E-state index contributed by atoms with van der Waals surface area (Å²) in [6.45, 7) is 12.6. The van der Waals surface area contributed by atoms with Crippen molar-refractivity contribution in [2.24, 2.45) is 5.92 Å². The standard InChI is InChI=1S/C14H24/c1-6-13(5)14(7-2)11-9-8-10-12(3)4/h7-9,13H,3,6,10-11H2,1-2,4-5H3. The smallest absolute Gasteiger partial charge is 0.0136 e. The molecule has 0 N–H and O–H groups in total. The fraction of sp³-hybridized carbons (Fsp3) is 0.571. The second-order valence-corrected chi connectivity index (χ2v) is 4.01. The Morgan fingerprint density at radius 2 is 1.86 bits per heavy atom. The van der Waals surface area contributed by atoms with Crippen molar-refractivity contribution in [3.63, 3.8) is 0 Å². The summed E-state index contributed by atoms with van der Waals surface area (Å²) in [6.07, 6.45) is 10.1. The van der Waals surface area contributed by atoms with Gasteiger partial charge in [0.15, 0.2) is 0 Å². The number of hydrogen-bond donors (Lipinski definition) is 0. The molecule has 0 saturated heterocycles. The van der Waals surface area contributed by atoms with E-state index >= 15 is 0 Å². The minimum absolute atomic E-state index is 0.717. The van der Waals surface area contributed by atoms with Crippen molar-refractivity contribution >= 4 is 0 Å². The molecule has 0 aliphatic carbocycles. The number of hydrogen-bond acceptors (Lipinski definition) is 0. The van der Waals surface area contributed by atoms with Gasteiger partial charge >= 0.3 is 0 Å². The molecule has 0 heterocycles. The molecule has 0 amide bonds. The van der Waals surface area contributed by atoms with Crippen LogP contribution >= 0.6 is 0 Å². The van der Waals surface area contributed by atoms with Crippen LogP contribution in [0.3, 0.4) is 0 Å². The zero-order chi connectivity index (χ0) is 11.0. The summed E-state index contributed by atoms with van der Waals surface area (Å²) in [4.78, 5) is 0. The van der Waals surface area contributed by atoms with Crippen LogP contribution < -0.4 is 0 Å². The van der Waals surface area contributed by atoms with Crippen LogP contribution in [0, 0.1) is 5.92 Å². The molecule has 0 aliphatic rings. The molecule has 0 aliphatic heterocycles.